The summed E-state index contributed by atoms with van der Waals surface area (Å²) in [5, 5.41) is 0. The first-order chi connectivity index (χ1) is 4.43. The smallest absolute Gasteiger partial charge is 0.394 e. The zero-order valence-electron chi connectivity index (χ0n) is 7.29. The largest absolute Gasteiger partial charge is 1.00 e. The molecule has 0 saturated heterocycles. The van der Waals surface area contributed by atoms with Gasteiger partial charge in [-0.05, 0) is 0 Å². The van der Waals surface area contributed by atoms with Crippen LogP contribution in [0.25, 0.3) is 0 Å². The molecule has 0 radical (unpaired) electrons. The molecule has 1 aromatic heterocycles. The van der Waals surface area contributed by atoms with Gasteiger partial charge in [-0.15, -0.1) is 5.56 Å². The van der Waals surface area contributed by atoms with Crippen molar-refractivity contribution in [1.29, 1.82) is 0 Å². The van der Waals surface area contributed by atoms with Gasteiger partial charge < -0.3 is 17.1 Å². The van der Waals surface area contributed by atoms with Gasteiger partial charge in [0.05, 0.1) is 6.61 Å². The van der Waals surface area contributed by atoms with Crippen LogP contribution in [0.2, 0.25) is 0 Å². The number of rotatable bonds is 2. The number of hydrogen-bond donors (Lipinski definition) is 0. The van der Waals surface area contributed by atoms with E-state index >= 15 is 0 Å². The first-order valence-electron chi connectivity index (χ1n) is 2.73. The Hall–Kier alpha value is 0.746. The minimum atomic E-state index is 0. The van der Waals surface area contributed by atoms with Gasteiger partial charge in [0.15, 0.2) is 0 Å². The van der Waals surface area contributed by atoms with Gasteiger partial charge in [0.25, 0.3) is 0 Å². The summed E-state index contributed by atoms with van der Waals surface area (Å²) in [4.78, 5) is 3.80. The van der Waals surface area contributed by atoms with E-state index in [-0.39, 0.29) is 58.8 Å². The van der Waals surface area contributed by atoms with E-state index in [2.05, 4.69) is 11.2 Å². The molecule has 0 aliphatic heterocycles. The second-order valence-corrected chi connectivity index (χ2v) is 1.73. The number of hydrogen-bond acceptors (Lipinski definition) is 2. The summed E-state index contributed by atoms with van der Waals surface area (Å²) < 4.78 is 4.87. The molecule has 0 spiro atoms. The van der Waals surface area contributed by atoms with Crippen LogP contribution in [0.1, 0.15) is 5.56 Å². The molecule has 0 saturated carbocycles. The Morgan fingerprint density at radius 3 is 2.82 bits per heavy atom. The van der Waals surface area contributed by atoms with Gasteiger partial charge in [0.1, 0.15) is 0 Å². The monoisotopic (exact) mass is 176 g/mol. The number of aromatic nitrogens is 1. The quantitative estimate of drug-likeness (QED) is 0.403. The fraction of sp³-hybridized carbons (Fsp3) is 0.250. The molecule has 0 aromatic carbocycles. The molecule has 0 bridgehead atoms. The van der Waals surface area contributed by atoms with E-state index in [1.54, 1.807) is 19.4 Å². The third-order valence-corrected chi connectivity index (χ3v) is 0.988. The summed E-state index contributed by atoms with van der Waals surface area (Å²) in [6.07, 6.45) is 4.43. The normalized spacial score (nSPS) is 7.73. The van der Waals surface area contributed by atoms with Crippen LogP contribution in [0.4, 0.5) is 0 Å². The minimum absolute atomic E-state index is 0. The number of nitrogens with zero attached hydrogens (tertiary/aromatic N) is 1. The van der Waals surface area contributed by atoms with Crippen LogP contribution < -0.4 is 51.4 Å². The maximum Gasteiger partial charge on any atom is 1.00 e. The fourth-order valence-electron chi connectivity index (χ4n) is 0.603. The predicted octanol–water partition coefficient (Wildman–Crippen LogP) is -1.52. The molecule has 0 aliphatic carbocycles. The molecule has 1 heterocycles. The van der Waals surface area contributed by atoms with Crippen molar-refractivity contribution in [1.82, 2.24) is 4.98 Å². The maximum absolute atomic E-state index is 4.87. The zero-order chi connectivity index (χ0) is 6.53. The molecule has 0 N–H and O–H groups in total. The molecule has 1 rings (SSSR count). The van der Waals surface area contributed by atoms with Crippen molar-refractivity contribution in [2.45, 2.75) is 6.61 Å². The van der Waals surface area contributed by atoms with Crippen LogP contribution in [0.5, 0.6) is 0 Å². The summed E-state index contributed by atoms with van der Waals surface area (Å²) in [6, 6.07) is 3.70. The van der Waals surface area contributed by atoms with Crippen molar-refractivity contribution >= 4 is 0 Å². The second kappa shape index (κ2) is 8.84. The molecule has 0 aliphatic rings. The van der Waals surface area contributed by atoms with Crippen molar-refractivity contribution in [3.05, 3.63) is 37.5 Å². The fourth-order valence-corrected chi connectivity index (χ4v) is 0.603. The first-order valence-corrected chi connectivity index (χ1v) is 2.73. The van der Waals surface area contributed by atoms with Gasteiger partial charge in [0, 0.05) is 7.11 Å². The molecule has 2 nitrogen and oxygen atoms in total. The van der Waals surface area contributed by atoms with Gasteiger partial charge in [-0.2, -0.15) is 12.1 Å². The van der Waals surface area contributed by atoms with Gasteiger partial charge in [0.2, 0.25) is 0 Å². The molecule has 0 unspecified atom stereocenters. The van der Waals surface area contributed by atoms with Gasteiger partial charge in [-0.25, -0.2) is 0 Å². The van der Waals surface area contributed by atoms with E-state index in [0.717, 1.165) is 5.56 Å². The molecule has 3 heteroatoms. The summed E-state index contributed by atoms with van der Waals surface area (Å²) >= 11 is 0. The van der Waals surface area contributed by atoms with Crippen molar-refractivity contribution in [3.63, 3.8) is 0 Å². The average Bonchev–Trinajstić information content (AvgIpc) is 1.91. The van der Waals surface area contributed by atoms with E-state index in [4.69, 9.17) is 4.74 Å². The third kappa shape index (κ3) is 5.96. The van der Waals surface area contributed by atoms with E-state index in [0.29, 0.717) is 6.61 Å². The van der Waals surface area contributed by atoms with Crippen LogP contribution in [-0.4, -0.2) is 12.1 Å². The first kappa shape index (κ1) is 14.3. The summed E-state index contributed by atoms with van der Waals surface area (Å²) in [5.74, 6) is 0. The van der Waals surface area contributed by atoms with Crippen LogP contribution in [-0.2, 0) is 11.3 Å². The van der Waals surface area contributed by atoms with Crippen LogP contribution in [0, 0.1) is 13.6 Å². The summed E-state index contributed by atoms with van der Waals surface area (Å²) in [6.45, 7) is 0.627. The van der Waals surface area contributed by atoms with Gasteiger partial charge in [-0.1, -0.05) is 12.4 Å². The van der Waals surface area contributed by atoms with Crippen LogP contribution in [0.15, 0.2) is 18.3 Å². The van der Waals surface area contributed by atoms with Gasteiger partial charge >= 0.3 is 51.4 Å². The molecule has 0 fully saturated rings. The average molecular weight is 176 g/mol. The number of methoxy groups -OCH3 is 1. The van der Waals surface area contributed by atoms with Crippen LogP contribution in [0.3, 0.4) is 0 Å². The summed E-state index contributed by atoms with van der Waals surface area (Å²) in [5.41, 5.74) is 1.08. The molecule has 0 atom stereocenters. The van der Waals surface area contributed by atoms with E-state index in [1.807, 2.05) is 6.07 Å². The van der Waals surface area contributed by atoms with Crippen molar-refractivity contribution < 1.29 is 56.1 Å². The van der Waals surface area contributed by atoms with E-state index < -0.39 is 0 Å². The van der Waals surface area contributed by atoms with Crippen LogP contribution >= 0.6 is 0 Å². The van der Waals surface area contributed by atoms with E-state index in [9.17, 15) is 0 Å². The molecule has 56 valence electrons. The second-order valence-electron chi connectivity index (χ2n) is 1.73. The Morgan fingerprint density at radius 1 is 1.64 bits per heavy atom. The molecule has 0 amide bonds. The Labute approximate surface area is 111 Å². The Morgan fingerprint density at radius 2 is 2.36 bits per heavy atom. The Bertz CT molecular complexity index is 167. The predicted molar refractivity (Wildman–Crippen MR) is 40.2 cm³/mol. The maximum atomic E-state index is 4.87. The Kier molecular flexibility index (Phi) is 11.5. The summed E-state index contributed by atoms with van der Waals surface area (Å²) in [7, 11) is 1.66. The molecular weight excluding hydrogens is 165 g/mol. The van der Waals surface area contributed by atoms with Crippen molar-refractivity contribution in [2.75, 3.05) is 7.11 Å². The number of pyridine rings is 1. The minimum Gasteiger partial charge on any atom is -0.394 e. The number of ether oxygens (including phenoxy) is 1. The Balaban J connectivity index is 0. The third-order valence-electron chi connectivity index (χ3n) is 0.988. The van der Waals surface area contributed by atoms with Crippen molar-refractivity contribution in [3.8, 4) is 0 Å². The standard InChI is InChI=1S/C7H8NO.CH3.K/c1-9-6-7-3-2-4-8-5-7;;/h2-3,5H,6H2,1H3;1H3;/q2*-1;+1. The molecular formula is C8H11KNO-. The van der Waals surface area contributed by atoms with E-state index in [1.165, 1.54) is 0 Å². The molecule has 11 heavy (non-hydrogen) atoms. The zero-order valence-corrected chi connectivity index (χ0v) is 10.4. The van der Waals surface area contributed by atoms with Crippen molar-refractivity contribution in [2.24, 2.45) is 0 Å². The SMILES string of the molecule is COCc1cc[c-]nc1.[CH3-].[K+]. The topological polar surface area (TPSA) is 22.1 Å². The van der Waals surface area contributed by atoms with Gasteiger partial charge in [-0.3, -0.25) is 0 Å². The molecule has 1 aromatic rings.